The lowest BCUT2D eigenvalue weighted by Gasteiger charge is -2.39. The van der Waals surface area contributed by atoms with Gasteiger partial charge in [0.25, 0.3) is 0 Å². The first kappa shape index (κ1) is 51.5. The van der Waals surface area contributed by atoms with Crippen LogP contribution in [-0.2, 0) is 5.41 Å². The number of nitrogens with zero attached hydrogens (tertiary/aromatic N) is 9. The molecule has 2 aliphatic rings. The quantitative estimate of drug-likeness (QED) is 0.171. The fourth-order valence-electron chi connectivity index (χ4n) is 16.6. The minimum atomic E-state index is -1.17. The molecule has 1 atom stereocenters. The van der Waals surface area contributed by atoms with E-state index in [1.54, 1.807) is 0 Å². The largest absolute Gasteiger partial charge is 0.457 e. The van der Waals surface area contributed by atoms with Crippen molar-refractivity contribution in [1.29, 1.82) is 10.5 Å². The summed E-state index contributed by atoms with van der Waals surface area (Å²) < 4.78 is 19.3. The molecular formula is C85H47N9O. The predicted molar refractivity (Wildman–Crippen MR) is 381 cm³/mol. The van der Waals surface area contributed by atoms with Crippen molar-refractivity contribution in [3.8, 4) is 63.5 Å². The van der Waals surface area contributed by atoms with Crippen molar-refractivity contribution < 1.29 is 4.74 Å². The molecule has 7 aromatic heterocycles. The van der Waals surface area contributed by atoms with Gasteiger partial charge in [0.15, 0.2) is 0 Å². The van der Waals surface area contributed by atoms with E-state index in [1.165, 1.54) is 10.8 Å². The predicted octanol–water partition coefficient (Wildman–Crippen LogP) is 20.2. The first-order valence-corrected chi connectivity index (χ1v) is 31.9. The zero-order valence-corrected chi connectivity index (χ0v) is 50.6. The van der Waals surface area contributed by atoms with Crippen molar-refractivity contribution in [2.24, 2.45) is 0 Å². The number of benzene rings is 12. The molecule has 1 spiro atoms. The molecule has 1 aliphatic heterocycles. The van der Waals surface area contributed by atoms with Gasteiger partial charge in [0.05, 0.1) is 119 Å². The molecule has 10 heteroatoms. The van der Waals surface area contributed by atoms with E-state index in [0.29, 0.717) is 22.6 Å². The van der Waals surface area contributed by atoms with Gasteiger partial charge in [0, 0.05) is 93.2 Å². The lowest BCUT2D eigenvalue weighted by Crippen LogP contribution is -2.33. The summed E-state index contributed by atoms with van der Waals surface area (Å²) in [6.07, 6.45) is 3.97. The van der Waals surface area contributed by atoms with E-state index in [-0.39, 0.29) is 0 Å². The highest BCUT2D eigenvalue weighted by Crippen LogP contribution is 2.63. The molecule has 21 rings (SSSR count). The summed E-state index contributed by atoms with van der Waals surface area (Å²) in [5, 5.41) is 31.7. The van der Waals surface area contributed by atoms with Gasteiger partial charge >= 0.3 is 0 Å². The standard InChI is InChI=1S/C85H47N9O/c86-46-50-29-34-78-64(39-50)65-40-51(47-87)30-35-79(65)94(78)56-45-70-84(89-49-56)83-69(44-55(48-88-83)93-75-26-12-5-19-61(75)62-20-6-13-27-76(62)93)85(70)67-42-53(91-73-24-10-3-17-59(73)60-18-4-11-25-74(60)91)32-37-81(67)95-82-38-33-54(43-68(82)85)92-77-28-14-7-21-63(77)66-41-52(31-36-80(66)92)90-71-22-8-1-15-57(71)58-16-2-9-23-72(58)90/h1-45,48-49H. The number of fused-ring (bicyclic) bond motifs is 24. The van der Waals surface area contributed by atoms with E-state index in [1.807, 2.05) is 48.8 Å². The Morgan fingerprint density at radius 1 is 0.263 bits per heavy atom. The molecule has 438 valence electrons. The zero-order chi connectivity index (χ0) is 62.4. The first-order valence-electron chi connectivity index (χ1n) is 31.9. The molecule has 0 amide bonds. The highest BCUT2D eigenvalue weighted by Gasteiger charge is 2.54. The molecule has 12 aromatic carbocycles. The number of hydrogen-bond donors (Lipinski definition) is 0. The van der Waals surface area contributed by atoms with E-state index in [0.717, 1.165) is 160 Å². The number of ether oxygens (including phenoxy) is 1. The minimum absolute atomic E-state index is 0.530. The number of rotatable bonds is 5. The third kappa shape index (κ3) is 6.83. The van der Waals surface area contributed by atoms with Crippen LogP contribution in [0.15, 0.2) is 285 Å². The summed E-state index contributed by atoms with van der Waals surface area (Å²) in [5.41, 5.74) is 20.4. The first-order chi connectivity index (χ1) is 47.0. The summed E-state index contributed by atoms with van der Waals surface area (Å²) >= 11 is 0. The second-order valence-corrected chi connectivity index (χ2v) is 25.1. The van der Waals surface area contributed by atoms with Gasteiger partial charge in [-0.1, -0.05) is 127 Å². The molecule has 0 radical (unpaired) electrons. The Morgan fingerprint density at radius 3 is 0.895 bits per heavy atom. The second kappa shape index (κ2) is 18.9. The lowest BCUT2D eigenvalue weighted by molar-refractivity contribution is 0.436. The van der Waals surface area contributed by atoms with Gasteiger partial charge in [-0.2, -0.15) is 10.5 Å². The smallest absolute Gasteiger partial charge is 0.132 e. The third-order valence-corrected chi connectivity index (χ3v) is 20.4. The Kier molecular flexibility index (Phi) is 10.2. The van der Waals surface area contributed by atoms with Gasteiger partial charge in [0.2, 0.25) is 0 Å². The van der Waals surface area contributed by atoms with Crippen LogP contribution in [-0.4, -0.2) is 32.8 Å². The Morgan fingerprint density at radius 2 is 0.537 bits per heavy atom. The fourth-order valence-corrected chi connectivity index (χ4v) is 16.6. The van der Waals surface area contributed by atoms with E-state index in [9.17, 15) is 10.5 Å². The van der Waals surface area contributed by atoms with Crippen molar-refractivity contribution in [2.75, 3.05) is 0 Å². The van der Waals surface area contributed by atoms with Crippen LogP contribution in [0.2, 0.25) is 0 Å². The molecule has 1 aliphatic carbocycles. The number of hydrogen-bond acceptors (Lipinski definition) is 5. The normalized spacial score (nSPS) is 14.0. The van der Waals surface area contributed by atoms with Crippen LogP contribution in [0.25, 0.3) is 149 Å². The molecule has 0 bridgehead atoms. The molecule has 95 heavy (non-hydrogen) atoms. The maximum atomic E-state index is 10.3. The van der Waals surface area contributed by atoms with Crippen LogP contribution in [0.3, 0.4) is 0 Å². The number of pyridine rings is 2. The van der Waals surface area contributed by atoms with Crippen molar-refractivity contribution in [1.82, 2.24) is 32.8 Å². The average molecular weight is 1210 g/mol. The van der Waals surface area contributed by atoms with Crippen molar-refractivity contribution in [3.63, 3.8) is 0 Å². The van der Waals surface area contributed by atoms with Crippen molar-refractivity contribution in [3.05, 3.63) is 319 Å². The average Bonchev–Trinajstić information content (AvgIpc) is 1.56. The molecule has 19 aromatic rings. The van der Waals surface area contributed by atoms with Crippen LogP contribution in [0, 0.1) is 22.7 Å². The van der Waals surface area contributed by atoms with Gasteiger partial charge in [-0.05, 0) is 146 Å². The topological polar surface area (TPSA) is 107 Å². The zero-order valence-electron chi connectivity index (χ0n) is 50.6. The fraction of sp³-hybridized carbons (Fsp3) is 0.0118. The van der Waals surface area contributed by atoms with Gasteiger partial charge in [0.1, 0.15) is 11.5 Å². The van der Waals surface area contributed by atoms with Gasteiger partial charge in [-0.3, -0.25) is 9.97 Å². The number of para-hydroxylation sites is 7. The maximum absolute atomic E-state index is 10.3. The van der Waals surface area contributed by atoms with E-state index in [4.69, 9.17) is 14.7 Å². The summed E-state index contributed by atoms with van der Waals surface area (Å²) in [4.78, 5) is 11.3. The highest BCUT2D eigenvalue weighted by atomic mass is 16.5. The summed E-state index contributed by atoms with van der Waals surface area (Å²) in [6, 6.07) is 102. The van der Waals surface area contributed by atoms with Crippen LogP contribution < -0.4 is 4.74 Å². The second-order valence-electron chi connectivity index (χ2n) is 25.1. The molecule has 0 saturated heterocycles. The SMILES string of the molecule is N#Cc1ccc2c(c1)c1cc(C#N)ccc1n2-c1cnc2c(c1)C1(c3cc(-n4c5ccccc5c5ccccc54)ccc3Oc3ccc(-n4c5ccccc5c5cc(-n6c7ccccc7c7ccccc76)ccc54)cc31)c1cc(-n3c4ccccc4c4ccccc43)cnc1-2. The lowest BCUT2D eigenvalue weighted by atomic mass is 9.66. The Labute approximate surface area is 541 Å². The van der Waals surface area contributed by atoms with Crippen molar-refractivity contribution >= 4 is 109 Å². The minimum Gasteiger partial charge on any atom is -0.457 e. The highest BCUT2D eigenvalue weighted by molar-refractivity contribution is 6.14. The molecule has 0 saturated carbocycles. The molecule has 10 nitrogen and oxygen atoms in total. The molecule has 0 N–H and O–H groups in total. The number of aromatic nitrogens is 7. The monoisotopic (exact) mass is 1210 g/mol. The molecule has 8 heterocycles. The summed E-state index contributed by atoms with van der Waals surface area (Å²) in [6.45, 7) is 0. The van der Waals surface area contributed by atoms with Gasteiger partial charge in [-0.25, -0.2) is 0 Å². The van der Waals surface area contributed by atoms with Gasteiger partial charge < -0.3 is 27.6 Å². The Hall–Kier alpha value is -13.3. The van der Waals surface area contributed by atoms with E-state index in [2.05, 4.69) is 272 Å². The molecule has 0 fully saturated rings. The van der Waals surface area contributed by atoms with E-state index < -0.39 is 5.41 Å². The maximum Gasteiger partial charge on any atom is 0.132 e. The van der Waals surface area contributed by atoms with Crippen LogP contribution in [0.4, 0.5) is 0 Å². The van der Waals surface area contributed by atoms with Gasteiger partial charge in [-0.15, -0.1) is 0 Å². The van der Waals surface area contributed by atoms with Crippen molar-refractivity contribution in [2.45, 2.75) is 5.41 Å². The third-order valence-electron chi connectivity index (χ3n) is 20.4. The summed E-state index contributed by atoms with van der Waals surface area (Å²) in [5.74, 6) is 1.41. The Bertz CT molecular complexity index is 6520. The Balaban J connectivity index is 0.885. The van der Waals surface area contributed by atoms with Crippen LogP contribution >= 0.6 is 0 Å². The van der Waals surface area contributed by atoms with Crippen LogP contribution in [0.5, 0.6) is 11.5 Å². The molecule has 1 unspecified atom stereocenters. The number of nitriles is 2. The van der Waals surface area contributed by atoms with E-state index >= 15 is 0 Å². The molecular weight excluding hydrogens is 1160 g/mol. The summed E-state index contributed by atoms with van der Waals surface area (Å²) in [7, 11) is 0. The van der Waals surface area contributed by atoms with Crippen LogP contribution in [0.1, 0.15) is 33.4 Å².